The van der Waals surface area contributed by atoms with Gasteiger partial charge in [-0.25, -0.2) is 4.98 Å². The molecule has 0 saturated heterocycles. The van der Waals surface area contributed by atoms with Gasteiger partial charge in [-0.2, -0.15) is 0 Å². The zero-order valence-corrected chi connectivity index (χ0v) is 8.87. The summed E-state index contributed by atoms with van der Waals surface area (Å²) in [6.07, 6.45) is 9.06. The van der Waals surface area contributed by atoms with Crippen LogP contribution in [0.5, 0.6) is 0 Å². The molecule has 0 aliphatic carbocycles. The second-order valence-electron chi connectivity index (χ2n) is 3.64. The summed E-state index contributed by atoms with van der Waals surface area (Å²) in [4.78, 5) is 4.00. The Morgan fingerprint density at radius 1 is 1.36 bits per heavy atom. The Bertz CT molecular complexity index is 296. The van der Waals surface area contributed by atoms with Crippen LogP contribution in [0.4, 0.5) is 0 Å². The second kappa shape index (κ2) is 5.43. The van der Waals surface area contributed by atoms with Crippen molar-refractivity contribution in [3.8, 4) is 0 Å². The lowest BCUT2D eigenvalue weighted by atomic mass is 10.0. The van der Waals surface area contributed by atoms with Crippen LogP contribution in [0.3, 0.4) is 0 Å². The predicted molar refractivity (Wildman–Crippen MR) is 60.0 cm³/mol. The number of hydrogen-bond donors (Lipinski definition) is 0. The van der Waals surface area contributed by atoms with E-state index < -0.39 is 0 Å². The maximum Gasteiger partial charge on any atom is 0.0945 e. The zero-order chi connectivity index (χ0) is 10.4. The Morgan fingerprint density at radius 2 is 2.14 bits per heavy atom. The number of aromatic nitrogens is 2. The summed E-state index contributed by atoms with van der Waals surface area (Å²) in [5, 5.41) is 0. The smallest absolute Gasteiger partial charge is 0.0945 e. The zero-order valence-electron chi connectivity index (χ0n) is 8.87. The molecule has 14 heavy (non-hydrogen) atoms. The molecule has 0 aliphatic heterocycles. The predicted octanol–water partition coefficient (Wildman–Crippen LogP) is 3.19. The first-order valence-electron chi connectivity index (χ1n) is 4.99. The van der Waals surface area contributed by atoms with E-state index in [1.807, 2.05) is 25.6 Å². The first kappa shape index (κ1) is 10.8. The molecule has 0 spiro atoms. The summed E-state index contributed by atoms with van der Waals surface area (Å²) in [6.45, 7) is 10.9. The first-order chi connectivity index (χ1) is 6.70. The lowest BCUT2D eigenvalue weighted by Crippen LogP contribution is -1.94. The topological polar surface area (TPSA) is 17.8 Å². The van der Waals surface area contributed by atoms with Crippen LogP contribution in [-0.4, -0.2) is 9.55 Å². The Balaban J connectivity index is 2.11. The van der Waals surface area contributed by atoms with E-state index in [4.69, 9.17) is 0 Å². The lowest BCUT2D eigenvalue weighted by molar-refractivity contribution is 0.609. The molecule has 0 fully saturated rings. The molecule has 0 unspecified atom stereocenters. The van der Waals surface area contributed by atoms with Gasteiger partial charge < -0.3 is 4.57 Å². The van der Waals surface area contributed by atoms with Crippen LogP contribution in [0, 0.1) is 0 Å². The van der Waals surface area contributed by atoms with Crippen molar-refractivity contribution >= 4 is 0 Å². The van der Waals surface area contributed by atoms with E-state index >= 15 is 0 Å². The summed E-state index contributed by atoms with van der Waals surface area (Å²) in [7, 11) is 0. The van der Waals surface area contributed by atoms with Crippen LogP contribution >= 0.6 is 0 Å². The number of unbranched alkanes of at least 4 members (excludes halogenated alkanes) is 1. The van der Waals surface area contributed by atoms with Gasteiger partial charge in [0.25, 0.3) is 0 Å². The van der Waals surface area contributed by atoms with Crippen molar-refractivity contribution in [1.29, 1.82) is 0 Å². The molecule has 1 heterocycles. The monoisotopic (exact) mass is 190 g/mol. The third-order valence-corrected chi connectivity index (χ3v) is 2.31. The van der Waals surface area contributed by atoms with Crippen LogP contribution in [0.1, 0.15) is 26.2 Å². The van der Waals surface area contributed by atoms with Gasteiger partial charge in [0.15, 0.2) is 0 Å². The van der Waals surface area contributed by atoms with Crippen LogP contribution in [-0.2, 0) is 6.54 Å². The van der Waals surface area contributed by atoms with E-state index in [9.17, 15) is 0 Å². The molecule has 0 amide bonds. The van der Waals surface area contributed by atoms with E-state index in [1.54, 1.807) is 0 Å². The minimum atomic E-state index is 1.05. The van der Waals surface area contributed by atoms with E-state index in [1.165, 1.54) is 18.4 Å². The number of allylic oxidation sites excluding steroid dienone is 2. The molecular weight excluding hydrogens is 172 g/mol. The molecule has 2 nitrogen and oxygen atoms in total. The van der Waals surface area contributed by atoms with Crippen molar-refractivity contribution in [2.75, 3.05) is 0 Å². The summed E-state index contributed by atoms with van der Waals surface area (Å²) in [5.74, 6) is 0. The van der Waals surface area contributed by atoms with Crippen LogP contribution in [0.25, 0.3) is 0 Å². The molecule has 0 radical (unpaired) electrons. The fraction of sp³-hybridized carbons (Fsp3) is 0.417. The van der Waals surface area contributed by atoms with Gasteiger partial charge in [0.05, 0.1) is 6.33 Å². The van der Waals surface area contributed by atoms with Crippen molar-refractivity contribution < 1.29 is 0 Å². The van der Waals surface area contributed by atoms with E-state index in [-0.39, 0.29) is 0 Å². The van der Waals surface area contributed by atoms with E-state index in [0.29, 0.717) is 0 Å². The van der Waals surface area contributed by atoms with Gasteiger partial charge in [-0.1, -0.05) is 24.3 Å². The number of aryl methyl sites for hydroxylation is 1. The maximum atomic E-state index is 4.00. The fourth-order valence-corrected chi connectivity index (χ4v) is 1.27. The minimum absolute atomic E-state index is 1.05. The molecular formula is C12H18N2. The molecule has 0 atom stereocenters. The van der Waals surface area contributed by atoms with Gasteiger partial charge in [0.1, 0.15) is 0 Å². The number of nitrogens with zero attached hydrogens (tertiary/aromatic N) is 2. The molecule has 76 valence electrons. The summed E-state index contributed by atoms with van der Waals surface area (Å²) >= 11 is 0. The first-order valence-corrected chi connectivity index (χ1v) is 4.99. The fourth-order valence-electron chi connectivity index (χ4n) is 1.27. The standard InChI is InChI=1S/C12H18N2/c1-11(2)12(3)6-4-5-8-14-9-7-13-10-14/h7,9-10H,1,3-6,8H2,2H3. The van der Waals surface area contributed by atoms with E-state index in [0.717, 1.165) is 18.5 Å². The average Bonchev–Trinajstić information content (AvgIpc) is 2.64. The SMILES string of the molecule is C=C(C)C(=C)CCCCn1ccnc1. The highest BCUT2D eigenvalue weighted by Crippen LogP contribution is 2.12. The molecule has 1 aromatic heterocycles. The molecule has 1 rings (SSSR count). The van der Waals surface area contributed by atoms with Crippen LogP contribution < -0.4 is 0 Å². The van der Waals surface area contributed by atoms with Crippen LogP contribution in [0.15, 0.2) is 43.0 Å². The van der Waals surface area contributed by atoms with Crippen molar-refractivity contribution in [2.45, 2.75) is 32.7 Å². The van der Waals surface area contributed by atoms with Crippen molar-refractivity contribution in [3.63, 3.8) is 0 Å². The summed E-state index contributed by atoms with van der Waals surface area (Å²) < 4.78 is 2.10. The Kier molecular flexibility index (Phi) is 4.17. The highest BCUT2D eigenvalue weighted by molar-refractivity contribution is 5.22. The molecule has 0 bridgehead atoms. The third-order valence-electron chi connectivity index (χ3n) is 2.31. The van der Waals surface area contributed by atoms with Crippen LogP contribution in [0.2, 0.25) is 0 Å². The normalized spacial score (nSPS) is 10.1. The second-order valence-corrected chi connectivity index (χ2v) is 3.64. The van der Waals surface area contributed by atoms with E-state index in [2.05, 4.69) is 22.7 Å². The Hall–Kier alpha value is -1.31. The van der Waals surface area contributed by atoms with Gasteiger partial charge in [-0.3, -0.25) is 0 Å². The highest BCUT2D eigenvalue weighted by Gasteiger charge is 1.95. The maximum absolute atomic E-state index is 4.00. The molecule has 1 aromatic rings. The van der Waals surface area contributed by atoms with Gasteiger partial charge in [0.2, 0.25) is 0 Å². The average molecular weight is 190 g/mol. The molecule has 0 N–H and O–H groups in total. The number of hydrogen-bond acceptors (Lipinski definition) is 1. The van der Waals surface area contributed by atoms with Gasteiger partial charge in [-0.15, -0.1) is 0 Å². The van der Waals surface area contributed by atoms with Crippen molar-refractivity contribution in [2.24, 2.45) is 0 Å². The Labute approximate surface area is 86.0 Å². The Morgan fingerprint density at radius 3 is 2.71 bits per heavy atom. The summed E-state index contributed by atoms with van der Waals surface area (Å²) in [6, 6.07) is 0. The molecule has 0 aliphatic rings. The molecule has 2 heteroatoms. The number of imidazole rings is 1. The highest BCUT2D eigenvalue weighted by atomic mass is 15.0. The molecule has 0 aromatic carbocycles. The van der Waals surface area contributed by atoms with Gasteiger partial charge in [0, 0.05) is 18.9 Å². The summed E-state index contributed by atoms with van der Waals surface area (Å²) in [5.41, 5.74) is 2.28. The quantitative estimate of drug-likeness (QED) is 0.497. The van der Waals surface area contributed by atoms with Gasteiger partial charge >= 0.3 is 0 Å². The third kappa shape index (κ3) is 3.60. The number of rotatable bonds is 6. The minimum Gasteiger partial charge on any atom is -0.337 e. The largest absolute Gasteiger partial charge is 0.337 e. The van der Waals surface area contributed by atoms with Crippen molar-refractivity contribution in [3.05, 3.63) is 43.0 Å². The van der Waals surface area contributed by atoms with Gasteiger partial charge in [-0.05, 0) is 26.2 Å². The lowest BCUT2D eigenvalue weighted by Gasteiger charge is -2.05. The molecule has 0 saturated carbocycles. The van der Waals surface area contributed by atoms with Crippen molar-refractivity contribution in [1.82, 2.24) is 9.55 Å².